The van der Waals surface area contributed by atoms with Gasteiger partial charge in [-0.05, 0) is 36.8 Å². The summed E-state index contributed by atoms with van der Waals surface area (Å²) in [4.78, 5) is 4.57. The Labute approximate surface area is 124 Å². The van der Waals surface area contributed by atoms with Crippen molar-refractivity contribution in [2.45, 2.75) is 24.9 Å². The average Bonchev–Trinajstić information content (AvgIpc) is 2.42. The molecule has 1 aromatic heterocycles. The lowest BCUT2D eigenvalue weighted by molar-refractivity contribution is 0.459. The van der Waals surface area contributed by atoms with E-state index in [0.29, 0.717) is 23.7 Å². The molecule has 0 saturated heterocycles. The van der Waals surface area contributed by atoms with Crippen LogP contribution in [0.25, 0.3) is 0 Å². The zero-order valence-corrected chi connectivity index (χ0v) is 12.8. The summed E-state index contributed by atoms with van der Waals surface area (Å²) in [6, 6.07) is 10.1. The molecule has 2 aromatic rings. The predicted molar refractivity (Wildman–Crippen MR) is 80.7 cm³/mol. The second-order valence-corrected chi connectivity index (χ2v) is 6.95. The topological polar surface area (TPSA) is 79.3 Å². The molecular weight excluding hydrogens is 288 g/mol. The summed E-state index contributed by atoms with van der Waals surface area (Å²) in [5, 5.41) is 12.9. The summed E-state index contributed by atoms with van der Waals surface area (Å²) in [7, 11) is -3.16. The van der Waals surface area contributed by atoms with Crippen molar-refractivity contribution in [2.75, 3.05) is 6.26 Å². The van der Waals surface area contributed by atoms with Crippen LogP contribution in [0.1, 0.15) is 17.0 Å². The third-order valence-electron chi connectivity index (χ3n) is 3.06. The van der Waals surface area contributed by atoms with Gasteiger partial charge in [0, 0.05) is 25.0 Å². The van der Waals surface area contributed by atoms with E-state index in [0.717, 1.165) is 11.3 Å². The average molecular weight is 306 g/mol. The van der Waals surface area contributed by atoms with Crippen molar-refractivity contribution < 1.29 is 13.5 Å². The monoisotopic (exact) mass is 306 g/mol. The Hall–Kier alpha value is -1.92. The Morgan fingerprint density at radius 1 is 1.10 bits per heavy atom. The van der Waals surface area contributed by atoms with E-state index in [2.05, 4.69) is 10.3 Å². The van der Waals surface area contributed by atoms with Crippen molar-refractivity contribution in [3.8, 4) is 5.75 Å². The van der Waals surface area contributed by atoms with Gasteiger partial charge in [0.15, 0.2) is 9.84 Å². The fourth-order valence-corrected chi connectivity index (χ4v) is 2.54. The lowest BCUT2D eigenvalue weighted by Crippen LogP contribution is -2.14. The first-order chi connectivity index (χ1) is 9.86. The third-order valence-corrected chi connectivity index (χ3v) is 4.19. The minimum Gasteiger partial charge on any atom is -0.506 e. The first kappa shape index (κ1) is 15.5. The van der Waals surface area contributed by atoms with Crippen molar-refractivity contribution in [3.05, 3.63) is 53.3 Å². The Balaban J connectivity index is 1.96. The van der Waals surface area contributed by atoms with Crippen molar-refractivity contribution in [1.29, 1.82) is 0 Å². The lowest BCUT2D eigenvalue weighted by atomic mass is 10.2. The molecule has 0 aliphatic heterocycles. The number of aromatic nitrogens is 1. The quantitative estimate of drug-likeness (QED) is 0.880. The van der Waals surface area contributed by atoms with Crippen LogP contribution in [-0.2, 0) is 22.9 Å². The molecule has 5 nitrogen and oxygen atoms in total. The molecule has 0 saturated carbocycles. The second-order valence-electron chi connectivity index (χ2n) is 4.94. The summed E-state index contributed by atoms with van der Waals surface area (Å²) in [6.45, 7) is 2.88. The van der Waals surface area contributed by atoms with Gasteiger partial charge in [-0.25, -0.2) is 8.42 Å². The smallest absolute Gasteiger partial charge is 0.175 e. The van der Waals surface area contributed by atoms with Gasteiger partial charge in [-0.15, -0.1) is 0 Å². The van der Waals surface area contributed by atoms with Gasteiger partial charge in [-0.2, -0.15) is 0 Å². The van der Waals surface area contributed by atoms with E-state index in [1.807, 2.05) is 6.92 Å². The maximum atomic E-state index is 11.4. The molecule has 0 atom stereocenters. The van der Waals surface area contributed by atoms with Crippen LogP contribution in [0.15, 0.2) is 41.3 Å². The number of aromatic hydroxyl groups is 1. The number of nitrogens with zero attached hydrogens (tertiary/aromatic N) is 1. The van der Waals surface area contributed by atoms with Crippen LogP contribution < -0.4 is 5.32 Å². The van der Waals surface area contributed by atoms with E-state index in [1.165, 1.54) is 6.26 Å². The van der Waals surface area contributed by atoms with Crippen molar-refractivity contribution in [3.63, 3.8) is 0 Å². The molecule has 0 aliphatic rings. The maximum absolute atomic E-state index is 11.4. The van der Waals surface area contributed by atoms with Gasteiger partial charge >= 0.3 is 0 Å². The number of sulfone groups is 1. The number of rotatable bonds is 5. The number of hydrogen-bond acceptors (Lipinski definition) is 5. The number of nitrogens with one attached hydrogen (secondary N) is 1. The molecular formula is C15H18N2O3S. The number of benzene rings is 1. The fraction of sp³-hybridized carbons (Fsp3) is 0.267. The molecule has 1 heterocycles. The van der Waals surface area contributed by atoms with Gasteiger partial charge in [0.2, 0.25) is 0 Å². The van der Waals surface area contributed by atoms with Crippen LogP contribution in [0.4, 0.5) is 0 Å². The molecule has 0 bridgehead atoms. The van der Waals surface area contributed by atoms with Crippen molar-refractivity contribution >= 4 is 9.84 Å². The highest BCUT2D eigenvalue weighted by molar-refractivity contribution is 7.90. The second kappa shape index (κ2) is 6.24. The minimum absolute atomic E-state index is 0.167. The molecule has 0 aliphatic carbocycles. The van der Waals surface area contributed by atoms with Crippen molar-refractivity contribution in [1.82, 2.24) is 10.3 Å². The Bertz CT molecular complexity index is 725. The Morgan fingerprint density at radius 2 is 1.76 bits per heavy atom. The number of pyridine rings is 1. The zero-order valence-electron chi connectivity index (χ0n) is 12.0. The first-order valence-corrected chi connectivity index (χ1v) is 8.40. The molecule has 0 fully saturated rings. The van der Waals surface area contributed by atoms with Gasteiger partial charge in [-0.3, -0.25) is 4.98 Å². The van der Waals surface area contributed by atoms with E-state index in [9.17, 15) is 13.5 Å². The minimum atomic E-state index is -3.16. The molecule has 0 amide bonds. The van der Waals surface area contributed by atoms with Crippen molar-refractivity contribution in [2.24, 2.45) is 0 Å². The van der Waals surface area contributed by atoms with Gasteiger partial charge in [-0.1, -0.05) is 12.1 Å². The highest BCUT2D eigenvalue weighted by Crippen LogP contribution is 2.15. The lowest BCUT2D eigenvalue weighted by Gasteiger charge is -2.07. The van der Waals surface area contributed by atoms with Crippen LogP contribution in [0.3, 0.4) is 0 Å². The fourth-order valence-electron chi connectivity index (χ4n) is 1.91. The van der Waals surface area contributed by atoms with E-state index >= 15 is 0 Å². The molecule has 0 spiro atoms. The highest BCUT2D eigenvalue weighted by atomic mass is 32.2. The van der Waals surface area contributed by atoms with Crippen LogP contribution in [0.5, 0.6) is 5.75 Å². The zero-order chi connectivity index (χ0) is 15.5. The molecule has 21 heavy (non-hydrogen) atoms. The predicted octanol–water partition coefficient (Wildman–Crippen LogP) is 1.79. The number of aryl methyl sites for hydroxylation is 1. The Morgan fingerprint density at radius 3 is 2.38 bits per heavy atom. The highest BCUT2D eigenvalue weighted by Gasteiger charge is 2.06. The molecule has 0 unspecified atom stereocenters. The first-order valence-electron chi connectivity index (χ1n) is 6.51. The third kappa shape index (κ3) is 4.27. The summed E-state index contributed by atoms with van der Waals surface area (Å²) in [6.07, 6.45) is 1.19. The number of hydrogen-bond donors (Lipinski definition) is 2. The Kier molecular flexibility index (Phi) is 4.59. The van der Waals surface area contributed by atoms with Crippen LogP contribution >= 0.6 is 0 Å². The van der Waals surface area contributed by atoms with Gasteiger partial charge in [0.25, 0.3) is 0 Å². The molecule has 1 aromatic carbocycles. The molecule has 2 N–H and O–H groups in total. The summed E-state index contributed by atoms with van der Waals surface area (Å²) in [5.74, 6) is 0.167. The van der Waals surface area contributed by atoms with E-state index < -0.39 is 9.84 Å². The van der Waals surface area contributed by atoms with Crippen LogP contribution in [0, 0.1) is 6.92 Å². The van der Waals surface area contributed by atoms with Gasteiger partial charge in [0.1, 0.15) is 5.75 Å². The summed E-state index contributed by atoms with van der Waals surface area (Å²) < 4.78 is 22.7. The van der Waals surface area contributed by atoms with E-state index in [4.69, 9.17) is 0 Å². The summed E-state index contributed by atoms with van der Waals surface area (Å²) in [5.41, 5.74) is 2.42. The van der Waals surface area contributed by atoms with Crippen LogP contribution in [0.2, 0.25) is 0 Å². The maximum Gasteiger partial charge on any atom is 0.175 e. The van der Waals surface area contributed by atoms with E-state index in [-0.39, 0.29) is 5.75 Å². The molecule has 2 rings (SSSR count). The normalized spacial score (nSPS) is 11.5. The van der Waals surface area contributed by atoms with Gasteiger partial charge in [0.05, 0.1) is 10.6 Å². The van der Waals surface area contributed by atoms with Gasteiger partial charge < -0.3 is 10.4 Å². The molecule has 6 heteroatoms. The summed E-state index contributed by atoms with van der Waals surface area (Å²) >= 11 is 0. The standard InChI is InChI=1S/C15H18N2O3S/c1-11-3-8-15(18)14(17-11)10-16-9-12-4-6-13(7-5-12)21(2,19)20/h3-8,16,18H,9-10H2,1-2H3. The van der Waals surface area contributed by atoms with E-state index in [1.54, 1.807) is 36.4 Å². The SMILES string of the molecule is Cc1ccc(O)c(CNCc2ccc(S(C)(=O)=O)cc2)n1. The molecule has 112 valence electrons. The molecule has 0 radical (unpaired) electrons. The largest absolute Gasteiger partial charge is 0.506 e. The van der Waals surface area contributed by atoms with Crippen LogP contribution in [-0.4, -0.2) is 24.8 Å².